The van der Waals surface area contributed by atoms with E-state index in [9.17, 15) is 23.5 Å². The Balaban J connectivity index is 2.56. The number of carbonyl (C=O) groups is 2. The van der Waals surface area contributed by atoms with Crippen LogP contribution in [0.2, 0.25) is 0 Å². The number of rotatable bonds is 9. The smallest absolute Gasteiger partial charge is 0.310 e. The maximum absolute atomic E-state index is 14.7. The van der Waals surface area contributed by atoms with Crippen LogP contribution in [0.5, 0.6) is 5.75 Å². The Hall–Kier alpha value is -3.06. The van der Waals surface area contributed by atoms with Gasteiger partial charge in [-0.25, -0.2) is 8.78 Å². The van der Waals surface area contributed by atoms with Crippen molar-refractivity contribution in [3.05, 3.63) is 59.2 Å². The Morgan fingerprint density at radius 2 is 1.80 bits per heavy atom. The molecule has 0 aliphatic carbocycles. The molecule has 0 aliphatic rings. The fourth-order valence-electron chi connectivity index (χ4n) is 3.18. The number of halogens is 2. The van der Waals surface area contributed by atoms with Gasteiger partial charge in [-0.05, 0) is 40.8 Å². The summed E-state index contributed by atoms with van der Waals surface area (Å²) < 4.78 is 33.4. The van der Waals surface area contributed by atoms with Crippen LogP contribution in [0.1, 0.15) is 43.7 Å². The first-order valence-electron chi connectivity index (χ1n) is 9.40. The molecule has 0 radical (unpaired) electrons. The molecule has 0 amide bonds. The van der Waals surface area contributed by atoms with Crippen LogP contribution in [0.4, 0.5) is 8.78 Å². The van der Waals surface area contributed by atoms with Crippen molar-refractivity contribution in [3.63, 3.8) is 0 Å². The summed E-state index contributed by atoms with van der Waals surface area (Å²) in [7, 11) is 1.33. The topological polar surface area (TPSA) is 83.8 Å². The summed E-state index contributed by atoms with van der Waals surface area (Å²) in [6, 6.07) is 6.85. The van der Waals surface area contributed by atoms with Crippen LogP contribution < -0.4 is 4.74 Å². The summed E-state index contributed by atoms with van der Waals surface area (Å²) in [5.41, 5.74) is 2.10. The minimum absolute atomic E-state index is 0.0258. The number of hydrogen-bond donors (Lipinski definition) is 2. The zero-order valence-corrected chi connectivity index (χ0v) is 17.0. The van der Waals surface area contributed by atoms with E-state index >= 15 is 0 Å². The highest BCUT2D eigenvalue weighted by Gasteiger charge is 2.21. The predicted octanol–water partition coefficient (Wildman–Crippen LogP) is 4.57. The molecule has 2 N–H and O–H groups in total. The molecule has 0 fully saturated rings. The first-order chi connectivity index (χ1) is 14.1. The maximum Gasteiger partial charge on any atom is 0.310 e. The van der Waals surface area contributed by atoms with Crippen LogP contribution in [0.25, 0.3) is 17.2 Å². The Morgan fingerprint density at radius 3 is 2.33 bits per heavy atom. The Morgan fingerprint density at radius 1 is 1.17 bits per heavy atom. The minimum Gasteiger partial charge on any atom is -0.493 e. The second-order valence-electron chi connectivity index (χ2n) is 7.17. The molecule has 0 aromatic heterocycles. The second-order valence-corrected chi connectivity index (χ2v) is 7.17. The fourth-order valence-corrected chi connectivity index (χ4v) is 3.18. The van der Waals surface area contributed by atoms with Gasteiger partial charge in [-0.15, -0.1) is 0 Å². The van der Waals surface area contributed by atoms with Crippen LogP contribution in [0.15, 0.2) is 36.4 Å². The van der Waals surface area contributed by atoms with Crippen molar-refractivity contribution < 1.29 is 33.3 Å². The van der Waals surface area contributed by atoms with Gasteiger partial charge in [-0.3, -0.25) is 9.59 Å². The highest BCUT2D eigenvalue weighted by Crippen LogP contribution is 2.40. The van der Waals surface area contributed by atoms with Crippen molar-refractivity contribution in [2.45, 2.75) is 38.7 Å². The normalized spacial score (nSPS) is 12.4. The van der Waals surface area contributed by atoms with E-state index in [2.05, 4.69) is 0 Å². The van der Waals surface area contributed by atoms with E-state index < -0.39 is 35.9 Å². The molecule has 0 bridgehead atoms. The molecular formula is C23H24F2O5. The number of aliphatic hydroxyl groups is 1. The molecule has 30 heavy (non-hydrogen) atoms. The van der Waals surface area contributed by atoms with E-state index in [-0.39, 0.29) is 18.1 Å². The molecule has 0 spiro atoms. The molecule has 1 unspecified atom stereocenters. The van der Waals surface area contributed by atoms with Crippen molar-refractivity contribution in [3.8, 4) is 16.9 Å². The number of Topliss-reactive ketones (excluding diaryl/α,β-unsaturated/α-hetero) is 1. The highest BCUT2D eigenvalue weighted by atomic mass is 19.1. The third kappa shape index (κ3) is 5.73. The number of aliphatic carboxylic acids is 1. The number of ether oxygens (including phenoxy) is 1. The van der Waals surface area contributed by atoms with Crippen LogP contribution in [0.3, 0.4) is 0 Å². The zero-order valence-electron chi connectivity index (χ0n) is 17.0. The van der Waals surface area contributed by atoms with Gasteiger partial charge in [0.25, 0.3) is 0 Å². The van der Waals surface area contributed by atoms with E-state index in [1.807, 2.05) is 13.8 Å². The molecule has 0 heterocycles. The summed E-state index contributed by atoms with van der Waals surface area (Å²) >= 11 is 0. The lowest BCUT2D eigenvalue weighted by Gasteiger charge is -2.19. The summed E-state index contributed by atoms with van der Waals surface area (Å²) in [5, 5.41) is 18.8. The van der Waals surface area contributed by atoms with Crippen molar-refractivity contribution in [2.24, 2.45) is 0 Å². The quantitative estimate of drug-likeness (QED) is 0.583. The molecule has 2 aromatic rings. The lowest BCUT2D eigenvalue weighted by atomic mass is 9.88. The third-order valence-electron chi connectivity index (χ3n) is 4.54. The van der Waals surface area contributed by atoms with Gasteiger partial charge in [0.1, 0.15) is 18.0 Å². The monoisotopic (exact) mass is 418 g/mol. The van der Waals surface area contributed by atoms with Crippen molar-refractivity contribution in [1.29, 1.82) is 0 Å². The molecule has 0 saturated heterocycles. The minimum atomic E-state index is -1.26. The predicted molar refractivity (Wildman–Crippen MR) is 109 cm³/mol. The van der Waals surface area contributed by atoms with Gasteiger partial charge in [0.2, 0.25) is 0 Å². The molecular weight excluding hydrogens is 394 g/mol. The molecule has 0 saturated carbocycles. The number of aliphatic hydroxyl groups excluding tert-OH is 1. The summed E-state index contributed by atoms with van der Waals surface area (Å²) in [6.45, 7) is 3.75. The van der Waals surface area contributed by atoms with Gasteiger partial charge >= 0.3 is 5.97 Å². The number of benzene rings is 2. The first kappa shape index (κ1) is 23.2. The van der Waals surface area contributed by atoms with E-state index in [4.69, 9.17) is 9.84 Å². The lowest BCUT2D eigenvalue weighted by Crippen LogP contribution is -2.14. The van der Waals surface area contributed by atoms with Crippen molar-refractivity contribution in [1.82, 2.24) is 0 Å². The van der Waals surface area contributed by atoms with Crippen LogP contribution in [-0.4, -0.2) is 35.2 Å². The van der Waals surface area contributed by atoms with E-state index in [0.717, 1.165) is 0 Å². The summed E-state index contributed by atoms with van der Waals surface area (Å²) in [4.78, 5) is 22.3. The van der Waals surface area contributed by atoms with E-state index in [1.54, 1.807) is 6.08 Å². The van der Waals surface area contributed by atoms with Gasteiger partial charge in [0.15, 0.2) is 11.6 Å². The third-order valence-corrected chi connectivity index (χ3v) is 4.54. The number of carboxylic acids is 1. The number of ketones is 1. The largest absolute Gasteiger partial charge is 0.493 e. The molecule has 2 aromatic carbocycles. The van der Waals surface area contributed by atoms with Crippen molar-refractivity contribution in [2.75, 3.05) is 7.11 Å². The van der Waals surface area contributed by atoms with E-state index in [0.29, 0.717) is 22.3 Å². The molecule has 7 heteroatoms. The number of carbonyl (C=O) groups excluding carboxylic acids is 1. The SMILES string of the molecule is COc1c(F)cc(C(C)C)c(C=CC(O)CC(=O)CC(=O)O)c1-c1ccc(F)cc1. The number of carboxylic acid groups (broad SMARTS) is 1. The number of hydrogen-bond acceptors (Lipinski definition) is 4. The van der Waals surface area contributed by atoms with Crippen LogP contribution in [0, 0.1) is 11.6 Å². The Kier molecular flexibility index (Phi) is 7.83. The van der Waals surface area contributed by atoms with Crippen LogP contribution >= 0.6 is 0 Å². The van der Waals surface area contributed by atoms with Gasteiger partial charge < -0.3 is 14.9 Å². The first-order valence-corrected chi connectivity index (χ1v) is 9.40. The van der Waals surface area contributed by atoms with Crippen LogP contribution in [-0.2, 0) is 9.59 Å². The van der Waals surface area contributed by atoms with Gasteiger partial charge in [0, 0.05) is 12.0 Å². The average Bonchev–Trinajstić information content (AvgIpc) is 2.66. The summed E-state index contributed by atoms with van der Waals surface area (Å²) in [5.74, 6) is -3.01. The lowest BCUT2D eigenvalue weighted by molar-refractivity contribution is -0.140. The Bertz CT molecular complexity index is 949. The maximum atomic E-state index is 14.7. The highest BCUT2D eigenvalue weighted by molar-refractivity contribution is 5.95. The number of methoxy groups -OCH3 is 1. The standard InChI is InChI=1S/C23H24F2O5/c1-13(2)19-12-20(25)23(30-3)22(14-4-6-15(24)7-5-14)18(19)9-8-16(26)10-17(27)11-21(28)29/h4-9,12-13,16,26H,10-11H2,1-3H3,(H,28,29). The van der Waals surface area contributed by atoms with Gasteiger partial charge in [-0.2, -0.15) is 0 Å². The zero-order chi connectivity index (χ0) is 22.4. The van der Waals surface area contributed by atoms with Gasteiger partial charge in [-0.1, -0.05) is 38.1 Å². The summed E-state index contributed by atoms with van der Waals surface area (Å²) in [6.07, 6.45) is 0.659. The Labute approximate surface area is 173 Å². The fraction of sp³-hybridized carbons (Fsp3) is 0.304. The molecule has 2 rings (SSSR count). The molecule has 1 atom stereocenters. The van der Waals surface area contributed by atoms with Gasteiger partial charge in [0.05, 0.1) is 13.2 Å². The average molecular weight is 418 g/mol. The van der Waals surface area contributed by atoms with Crippen molar-refractivity contribution >= 4 is 17.8 Å². The molecule has 5 nitrogen and oxygen atoms in total. The second kappa shape index (κ2) is 10.1. The van der Waals surface area contributed by atoms with E-state index in [1.165, 1.54) is 43.5 Å². The molecule has 160 valence electrons. The molecule has 0 aliphatic heterocycles.